The van der Waals surface area contributed by atoms with Crippen LogP contribution < -0.4 is 5.32 Å². The Labute approximate surface area is 145 Å². The predicted molar refractivity (Wildman–Crippen MR) is 94.8 cm³/mol. The molecule has 2 heterocycles. The third-order valence-corrected chi connectivity index (χ3v) is 4.18. The minimum absolute atomic E-state index is 0.0127. The van der Waals surface area contributed by atoms with Crippen molar-refractivity contribution >= 4 is 29.2 Å². The maximum Gasteiger partial charge on any atom is 0.306 e. The van der Waals surface area contributed by atoms with E-state index in [0.29, 0.717) is 12.0 Å². The van der Waals surface area contributed by atoms with E-state index in [1.807, 2.05) is 43.5 Å². The van der Waals surface area contributed by atoms with E-state index in [9.17, 15) is 9.59 Å². The van der Waals surface area contributed by atoms with Gasteiger partial charge in [-0.25, -0.2) is 0 Å². The highest BCUT2D eigenvalue weighted by Gasteiger charge is 2.24. The van der Waals surface area contributed by atoms with Crippen molar-refractivity contribution in [1.82, 2.24) is 4.98 Å². The number of esters is 1. The van der Waals surface area contributed by atoms with Crippen molar-refractivity contribution < 1.29 is 19.4 Å². The van der Waals surface area contributed by atoms with Gasteiger partial charge < -0.3 is 20.1 Å². The number of fused-ring (bicyclic) bond motifs is 1. The lowest BCUT2D eigenvalue weighted by molar-refractivity contribution is -0.144. The zero-order chi connectivity index (χ0) is 17.8. The predicted octanol–water partition coefficient (Wildman–Crippen LogP) is 2.28. The molecule has 6 nitrogen and oxygen atoms in total. The molecule has 0 bridgehead atoms. The molecule has 1 aliphatic heterocycles. The molecule has 0 saturated heterocycles. The van der Waals surface area contributed by atoms with Gasteiger partial charge in [-0.05, 0) is 36.6 Å². The Bertz CT molecular complexity index is 836. The average molecular weight is 340 g/mol. The zero-order valence-electron chi connectivity index (χ0n) is 14.0. The molecule has 0 atom stereocenters. The van der Waals surface area contributed by atoms with Crippen molar-refractivity contribution in [3.05, 3.63) is 52.8 Å². The van der Waals surface area contributed by atoms with Crippen LogP contribution in [0.1, 0.15) is 28.8 Å². The molecule has 0 unspecified atom stereocenters. The Morgan fingerprint density at radius 3 is 2.92 bits per heavy atom. The molecule has 0 fully saturated rings. The fourth-order valence-electron chi connectivity index (χ4n) is 2.92. The zero-order valence-corrected chi connectivity index (χ0v) is 14.0. The van der Waals surface area contributed by atoms with E-state index in [4.69, 9.17) is 9.84 Å². The quantitative estimate of drug-likeness (QED) is 0.556. The second-order valence-electron chi connectivity index (χ2n) is 5.87. The summed E-state index contributed by atoms with van der Waals surface area (Å²) in [5, 5.41) is 11.5. The maximum atomic E-state index is 12.2. The summed E-state index contributed by atoms with van der Waals surface area (Å²) in [4.78, 5) is 27.1. The summed E-state index contributed by atoms with van der Waals surface area (Å²) in [7, 11) is 0. The van der Waals surface area contributed by atoms with Gasteiger partial charge in [-0.15, -0.1) is 0 Å². The molecule has 0 spiro atoms. The van der Waals surface area contributed by atoms with Gasteiger partial charge in [0.25, 0.3) is 5.91 Å². The van der Waals surface area contributed by atoms with E-state index in [0.717, 1.165) is 28.1 Å². The number of carbonyl (C=O) groups excluding carboxylic acids is 2. The molecule has 1 aliphatic rings. The second-order valence-corrected chi connectivity index (χ2v) is 5.87. The summed E-state index contributed by atoms with van der Waals surface area (Å²) >= 11 is 0. The van der Waals surface area contributed by atoms with Gasteiger partial charge in [0, 0.05) is 29.6 Å². The number of hydrogen-bond donors (Lipinski definition) is 3. The molecule has 25 heavy (non-hydrogen) atoms. The molecule has 1 aromatic heterocycles. The molecule has 1 aromatic carbocycles. The molecule has 2 aromatic rings. The number of rotatable bonds is 6. The van der Waals surface area contributed by atoms with Gasteiger partial charge >= 0.3 is 5.97 Å². The van der Waals surface area contributed by atoms with E-state index >= 15 is 0 Å². The lowest BCUT2D eigenvalue weighted by Gasteiger charge is -2.05. The number of H-pyrrole nitrogens is 1. The third kappa shape index (κ3) is 3.64. The first kappa shape index (κ1) is 17.0. The highest BCUT2D eigenvalue weighted by Crippen LogP contribution is 2.33. The Hall–Kier alpha value is -2.86. The number of para-hydroxylation sites is 1. The molecule has 130 valence electrons. The number of aromatic nitrogens is 1. The Kier molecular flexibility index (Phi) is 5.00. The number of ether oxygens (including phenoxy) is 1. The summed E-state index contributed by atoms with van der Waals surface area (Å²) in [6.07, 6.45) is 4.40. The number of anilines is 1. The summed E-state index contributed by atoms with van der Waals surface area (Å²) in [6, 6.07) is 7.54. The molecule has 6 heteroatoms. The minimum atomic E-state index is -0.350. The number of hydrogen-bond acceptors (Lipinski definition) is 4. The van der Waals surface area contributed by atoms with Crippen LogP contribution in [-0.2, 0) is 20.7 Å². The van der Waals surface area contributed by atoms with Crippen LogP contribution in [0.4, 0.5) is 5.69 Å². The van der Waals surface area contributed by atoms with Crippen molar-refractivity contribution in [2.24, 2.45) is 0 Å². The van der Waals surface area contributed by atoms with Crippen molar-refractivity contribution in [3.63, 3.8) is 0 Å². The molecule has 1 amide bonds. The van der Waals surface area contributed by atoms with Gasteiger partial charge in [0.1, 0.15) is 6.61 Å². The van der Waals surface area contributed by atoms with Crippen LogP contribution in [0.2, 0.25) is 0 Å². The molecule has 0 aliphatic carbocycles. The number of aliphatic hydroxyl groups is 1. The standard InChI is InChI=1S/C19H20N2O4/c1-12-11-20-17(13(12)6-7-18(23)25-9-8-22)10-15-14-4-2-3-5-16(14)21-19(15)24/h2-5,10-11,20,22H,6-9H2,1H3,(H,21,24)/b15-10-. The highest BCUT2D eigenvalue weighted by atomic mass is 16.5. The van der Waals surface area contributed by atoms with E-state index < -0.39 is 0 Å². The Morgan fingerprint density at radius 1 is 1.32 bits per heavy atom. The highest BCUT2D eigenvalue weighted by molar-refractivity contribution is 6.34. The van der Waals surface area contributed by atoms with Crippen LogP contribution in [0.5, 0.6) is 0 Å². The first-order chi connectivity index (χ1) is 12.1. The fourth-order valence-corrected chi connectivity index (χ4v) is 2.92. The van der Waals surface area contributed by atoms with Crippen molar-refractivity contribution in [2.45, 2.75) is 19.8 Å². The van der Waals surface area contributed by atoms with E-state index in [1.54, 1.807) is 0 Å². The van der Waals surface area contributed by atoms with Crippen molar-refractivity contribution in [2.75, 3.05) is 18.5 Å². The van der Waals surface area contributed by atoms with Crippen LogP contribution in [0, 0.1) is 6.92 Å². The summed E-state index contributed by atoms with van der Waals surface area (Å²) in [6.45, 7) is 1.79. The van der Waals surface area contributed by atoms with Gasteiger partial charge in [0.2, 0.25) is 0 Å². The topological polar surface area (TPSA) is 91.4 Å². The van der Waals surface area contributed by atoms with Gasteiger partial charge in [0.05, 0.1) is 12.2 Å². The lowest BCUT2D eigenvalue weighted by atomic mass is 10.0. The lowest BCUT2D eigenvalue weighted by Crippen LogP contribution is -2.09. The summed E-state index contributed by atoms with van der Waals surface area (Å²) in [5.41, 5.74) is 5.08. The van der Waals surface area contributed by atoms with Crippen molar-refractivity contribution in [3.8, 4) is 0 Å². The molecular formula is C19H20N2O4. The minimum Gasteiger partial charge on any atom is -0.463 e. The SMILES string of the molecule is Cc1c[nH]c(/C=C2\C(=O)Nc3ccccc32)c1CCC(=O)OCCO. The summed E-state index contributed by atoms with van der Waals surface area (Å²) < 4.78 is 4.89. The van der Waals surface area contributed by atoms with Crippen LogP contribution >= 0.6 is 0 Å². The van der Waals surface area contributed by atoms with Gasteiger partial charge in [-0.1, -0.05) is 18.2 Å². The third-order valence-electron chi connectivity index (χ3n) is 4.18. The molecule has 3 rings (SSSR count). The second kappa shape index (κ2) is 7.36. The summed E-state index contributed by atoms with van der Waals surface area (Å²) in [5.74, 6) is -0.487. The van der Waals surface area contributed by atoms with Crippen molar-refractivity contribution in [1.29, 1.82) is 0 Å². The number of benzene rings is 1. The number of carbonyl (C=O) groups is 2. The van der Waals surface area contributed by atoms with E-state index in [-0.39, 0.29) is 31.5 Å². The number of aliphatic hydroxyl groups excluding tert-OH is 1. The first-order valence-electron chi connectivity index (χ1n) is 8.16. The number of aryl methyl sites for hydroxylation is 1. The van der Waals surface area contributed by atoms with E-state index in [2.05, 4.69) is 10.3 Å². The van der Waals surface area contributed by atoms with Crippen LogP contribution in [-0.4, -0.2) is 35.2 Å². The fraction of sp³-hybridized carbons (Fsp3) is 0.263. The molecular weight excluding hydrogens is 320 g/mol. The van der Waals surface area contributed by atoms with E-state index in [1.165, 1.54) is 0 Å². The smallest absolute Gasteiger partial charge is 0.306 e. The van der Waals surface area contributed by atoms with Gasteiger partial charge in [-0.3, -0.25) is 9.59 Å². The van der Waals surface area contributed by atoms with Crippen LogP contribution in [0.3, 0.4) is 0 Å². The largest absolute Gasteiger partial charge is 0.463 e. The van der Waals surface area contributed by atoms with Crippen LogP contribution in [0.25, 0.3) is 11.6 Å². The number of aromatic amines is 1. The monoisotopic (exact) mass is 340 g/mol. The molecule has 0 saturated carbocycles. The molecule has 0 radical (unpaired) electrons. The maximum absolute atomic E-state index is 12.2. The Morgan fingerprint density at radius 2 is 2.12 bits per heavy atom. The Balaban J connectivity index is 1.82. The van der Waals surface area contributed by atoms with Gasteiger partial charge in [0.15, 0.2) is 0 Å². The average Bonchev–Trinajstić information content (AvgIpc) is 3.11. The van der Waals surface area contributed by atoms with Crippen LogP contribution in [0.15, 0.2) is 30.5 Å². The normalized spacial score (nSPS) is 14.5. The first-order valence-corrected chi connectivity index (χ1v) is 8.16. The number of nitrogens with one attached hydrogen (secondary N) is 2. The number of amides is 1. The van der Waals surface area contributed by atoms with Gasteiger partial charge in [-0.2, -0.15) is 0 Å². The molecule has 3 N–H and O–H groups in total.